The zero-order valence-electron chi connectivity index (χ0n) is 14.8. The van der Waals surface area contributed by atoms with E-state index in [2.05, 4.69) is 29.3 Å². The number of benzene rings is 1. The Morgan fingerprint density at radius 2 is 2.04 bits per heavy atom. The van der Waals surface area contributed by atoms with E-state index in [0.29, 0.717) is 5.92 Å². The number of ether oxygens (including phenoxy) is 1. The van der Waals surface area contributed by atoms with Crippen LogP contribution in [0.3, 0.4) is 0 Å². The van der Waals surface area contributed by atoms with Gasteiger partial charge in [-0.25, -0.2) is 0 Å². The number of rotatable bonds is 5. The first-order chi connectivity index (χ1) is 11.7. The van der Waals surface area contributed by atoms with Gasteiger partial charge in [-0.15, -0.1) is 0 Å². The molecule has 2 aliphatic rings. The molecule has 1 N–H and O–H groups in total. The number of hydrogen-bond acceptors (Lipinski definition) is 3. The molecule has 0 bridgehead atoms. The fraction of sp³-hybridized carbons (Fsp3) is 0.650. The van der Waals surface area contributed by atoms with Gasteiger partial charge in [0.1, 0.15) is 0 Å². The number of nitrogens with zero attached hydrogens (tertiary/aromatic N) is 1. The Bertz CT molecular complexity index is 518. The molecule has 0 aliphatic carbocycles. The lowest BCUT2D eigenvalue weighted by Crippen LogP contribution is -2.52. The molecule has 2 aliphatic heterocycles. The standard InChI is InChI=1S/C20H30N2O2/c1-2-22-12-10-20(11-13-22,18-8-4-3-5-9-18)19(23)21-15-17-7-6-14-24-16-17/h3-5,8-9,17H,2,6-7,10-16H2,1H3,(H,21,23). The van der Waals surface area contributed by atoms with Crippen LogP contribution in [0, 0.1) is 5.92 Å². The second kappa shape index (κ2) is 8.13. The first kappa shape index (κ1) is 17.4. The van der Waals surface area contributed by atoms with Gasteiger partial charge in [-0.1, -0.05) is 37.3 Å². The Morgan fingerprint density at radius 1 is 1.29 bits per heavy atom. The summed E-state index contributed by atoms with van der Waals surface area (Å²) in [6, 6.07) is 10.3. The normalized spacial score (nSPS) is 24.5. The molecule has 2 saturated heterocycles. The van der Waals surface area contributed by atoms with Crippen LogP contribution >= 0.6 is 0 Å². The monoisotopic (exact) mass is 330 g/mol. The first-order valence-electron chi connectivity index (χ1n) is 9.38. The van der Waals surface area contributed by atoms with Crippen molar-refractivity contribution in [3.8, 4) is 0 Å². The molecule has 0 aromatic heterocycles. The largest absolute Gasteiger partial charge is 0.381 e. The molecule has 132 valence electrons. The zero-order chi connectivity index (χ0) is 16.8. The molecule has 1 amide bonds. The highest BCUT2D eigenvalue weighted by Crippen LogP contribution is 2.36. The summed E-state index contributed by atoms with van der Waals surface area (Å²) in [6.07, 6.45) is 4.06. The van der Waals surface area contributed by atoms with E-state index in [-0.39, 0.29) is 11.3 Å². The van der Waals surface area contributed by atoms with Gasteiger partial charge in [0.2, 0.25) is 5.91 Å². The van der Waals surface area contributed by atoms with E-state index in [1.54, 1.807) is 0 Å². The Kier molecular flexibility index (Phi) is 5.90. The molecule has 1 atom stereocenters. The maximum absolute atomic E-state index is 13.2. The van der Waals surface area contributed by atoms with Crippen LogP contribution in [0.1, 0.15) is 38.2 Å². The van der Waals surface area contributed by atoms with Crippen LogP contribution in [0.4, 0.5) is 0 Å². The van der Waals surface area contributed by atoms with Crippen LogP contribution in [-0.2, 0) is 14.9 Å². The van der Waals surface area contributed by atoms with Crippen molar-refractivity contribution in [3.05, 3.63) is 35.9 Å². The van der Waals surface area contributed by atoms with E-state index in [4.69, 9.17) is 4.74 Å². The number of hydrogen-bond donors (Lipinski definition) is 1. The Hall–Kier alpha value is -1.39. The maximum atomic E-state index is 13.2. The minimum Gasteiger partial charge on any atom is -0.381 e. The quantitative estimate of drug-likeness (QED) is 0.902. The van der Waals surface area contributed by atoms with Gasteiger partial charge in [-0.3, -0.25) is 4.79 Å². The molecule has 4 heteroatoms. The van der Waals surface area contributed by atoms with Gasteiger partial charge in [0.05, 0.1) is 12.0 Å². The van der Waals surface area contributed by atoms with Crippen LogP contribution in [0.5, 0.6) is 0 Å². The highest BCUT2D eigenvalue weighted by Gasteiger charge is 2.42. The lowest BCUT2D eigenvalue weighted by Gasteiger charge is -2.41. The molecule has 0 saturated carbocycles. The minimum absolute atomic E-state index is 0.204. The lowest BCUT2D eigenvalue weighted by atomic mass is 9.72. The van der Waals surface area contributed by atoms with E-state index in [1.165, 1.54) is 0 Å². The third-order valence-electron chi connectivity index (χ3n) is 5.72. The minimum atomic E-state index is -0.373. The van der Waals surface area contributed by atoms with Gasteiger partial charge in [0.15, 0.2) is 0 Å². The van der Waals surface area contributed by atoms with Crippen molar-refractivity contribution < 1.29 is 9.53 Å². The van der Waals surface area contributed by atoms with E-state index in [1.807, 2.05) is 18.2 Å². The highest BCUT2D eigenvalue weighted by atomic mass is 16.5. The van der Waals surface area contributed by atoms with Crippen LogP contribution in [0.15, 0.2) is 30.3 Å². The molecule has 0 radical (unpaired) electrons. The van der Waals surface area contributed by atoms with Crippen LogP contribution in [0.2, 0.25) is 0 Å². The van der Waals surface area contributed by atoms with Gasteiger partial charge < -0.3 is 15.0 Å². The van der Waals surface area contributed by atoms with E-state index in [9.17, 15) is 4.79 Å². The number of piperidine rings is 1. The van der Waals surface area contributed by atoms with Crippen molar-refractivity contribution in [2.24, 2.45) is 5.92 Å². The molecular weight excluding hydrogens is 300 g/mol. The van der Waals surface area contributed by atoms with Gasteiger partial charge in [-0.2, -0.15) is 0 Å². The zero-order valence-corrected chi connectivity index (χ0v) is 14.8. The summed E-state index contributed by atoms with van der Waals surface area (Å²) in [5.41, 5.74) is 0.792. The second-order valence-electron chi connectivity index (χ2n) is 7.18. The Morgan fingerprint density at radius 3 is 2.67 bits per heavy atom. The Labute approximate surface area is 145 Å². The Balaban J connectivity index is 1.71. The number of carbonyl (C=O) groups excluding carboxylic acids is 1. The number of nitrogens with one attached hydrogen (secondary N) is 1. The molecule has 4 nitrogen and oxygen atoms in total. The first-order valence-corrected chi connectivity index (χ1v) is 9.38. The molecule has 1 aromatic rings. The summed E-state index contributed by atoms with van der Waals surface area (Å²) in [5.74, 6) is 0.668. The van der Waals surface area contributed by atoms with Crippen molar-refractivity contribution in [2.75, 3.05) is 39.4 Å². The van der Waals surface area contributed by atoms with Gasteiger partial charge in [0, 0.05) is 13.2 Å². The smallest absolute Gasteiger partial charge is 0.230 e. The molecule has 3 rings (SSSR count). The fourth-order valence-corrected chi connectivity index (χ4v) is 4.03. The predicted octanol–water partition coefficient (Wildman–Crippen LogP) is 2.58. The molecule has 0 spiro atoms. The highest BCUT2D eigenvalue weighted by molar-refractivity contribution is 5.88. The van der Waals surface area contributed by atoms with Crippen molar-refractivity contribution in [3.63, 3.8) is 0 Å². The SMILES string of the molecule is CCN1CCC(C(=O)NCC2CCCOC2)(c2ccccc2)CC1. The summed E-state index contributed by atoms with van der Waals surface area (Å²) < 4.78 is 5.54. The second-order valence-corrected chi connectivity index (χ2v) is 7.18. The summed E-state index contributed by atoms with van der Waals surface area (Å²) in [5, 5.41) is 3.26. The van der Waals surface area contributed by atoms with Crippen molar-refractivity contribution in [1.82, 2.24) is 10.2 Å². The van der Waals surface area contributed by atoms with Crippen molar-refractivity contribution in [1.29, 1.82) is 0 Å². The third-order valence-corrected chi connectivity index (χ3v) is 5.72. The maximum Gasteiger partial charge on any atom is 0.230 e. The van der Waals surface area contributed by atoms with Gasteiger partial charge >= 0.3 is 0 Å². The molecule has 2 fully saturated rings. The number of carbonyl (C=O) groups is 1. The predicted molar refractivity (Wildman–Crippen MR) is 96.0 cm³/mol. The lowest BCUT2D eigenvalue weighted by molar-refractivity contribution is -0.129. The van der Waals surface area contributed by atoms with E-state index >= 15 is 0 Å². The van der Waals surface area contributed by atoms with Crippen LogP contribution in [0.25, 0.3) is 0 Å². The summed E-state index contributed by atoms with van der Waals surface area (Å²) in [7, 11) is 0. The average Bonchev–Trinajstić information content (AvgIpc) is 2.67. The fourth-order valence-electron chi connectivity index (χ4n) is 4.03. The van der Waals surface area contributed by atoms with Crippen molar-refractivity contribution >= 4 is 5.91 Å². The molecular formula is C20H30N2O2. The topological polar surface area (TPSA) is 41.6 Å². The van der Waals surface area contributed by atoms with Gasteiger partial charge in [0.25, 0.3) is 0 Å². The molecule has 24 heavy (non-hydrogen) atoms. The average molecular weight is 330 g/mol. The third kappa shape index (κ3) is 3.81. The molecule has 1 aromatic carbocycles. The van der Waals surface area contributed by atoms with E-state index < -0.39 is 0 Å². The van der Waals surface area contributed by atoms with Crippen molar-refractivity contribution in [2.45, 2.75) is 38.0 Å². The summed E-state index contributed by atoms with van der Waals surface area (Å²) in [6.45, 7) is 7.62. The van der Waals surface area contributed by atoms with E-state index in [0.717, 1.165) is 70.6 Å². The summed E-state index contributed by atoms with van der Waals surface area (Å²) >= 11 is 0. The molecule has 1 unspecified atom stereocenters. The molecule has 2 heterocycles. The van der Waals surface area contributed by atoms with Crippen LogP contribution < -0.4 is 5.32 Å². The summed E-state index contributed by atoms with van der Waals surface area (Å²) in [4.78, 5) is 15.6. The van der Waals surface area contributed by atoms with Gasteiger partial charge in [-0.05, 0) is 56.8 Å². The number of amides is 1. The van der Waals surface area contributed by atoms with Crippen LogP contribution in [-0.4, -0.2) is 50.2 Å². The number of likely N-dealkylation sites (tertiary alicyclic amines) is 1.